The number of carbonyl (C=O) groups is 1. The molecule has 1 aliphatic heterocycles. The Kier molecular flexibility index (Phi) is 5.53. The Labute approximate surface area is 107 Å². The number of piperidine rings is 1. The molecule has 0 bridgehead atoms. The zero-order valence-corrected chi connectivity index (χ0v) is 10.8. The smallest absolute Gasteiger partial charge is 0.306 e. The lowest BCUT2D eigenvalue weighted by molar-refractivity contribution is -0.142. The van der Waals surface area contributed by atoms with Gasteiger partial charge in [0, 0.05) is 26.1 Å². The Morgan fingerprint density at radius 1 is 1.44 bits per heavy atom. The first-order valence-corrected chi connectivity index (χ1v) is 7.26. The van der Waals surface area contributed by atoms with Gasteiger partial charge in [-0.15, -0.1) is 0 Å². The SMILES string of the molecule is N#CCCCNS(=O)(=O)N1CCC(C(=O)O)CC1. The molecular weight excluding hydrogens is 258 g/mol. The van der Waals surface area contributed by atoms with Crippen LogP contribution in [0.15, 0.2) is 0 Å². The molecule has 7 nitrogen and oxygen atoms in total. The summed E-state index contributed by atoms with van der Waals surface area (Å²) in [7, 11) is -3.53. The molecule has 0 aromatic carbocycles. The second-order valence-corrected chi connectivity index (χ2v) is 5.93. The minimum atomic E-state index is -3.53. The van der Waals surface area contributed by atoms with Crippen LogP contribution in [-0.4, -0.2) is 43.4 Å². The molecule has 0 atom stereocenters. The zero-order valence-electron chi connectivity index (χ0n) is 10.0. The predicted octanol–water partition coefficient (Wildman–Crippen LogP) is -0.0788. The summed E-state index contributed by atoms with van der Waals surface area (Å²) in [4.78, 5) is 10.7. The van der Waals surface area contributed by atoms with Gasteiger partial charge in [-0.05, 0) is 19.3 Å². The van der Waals surface area contributed by atoms with Crippen LogP contribution in [0, 0.1) is 17.2 Å². The molecule has 0 unspecified atom stereocenters. The highest BCUT2D eigenvalue weighted by Gasteiger charge is 2.30. The van der Waals surface area contributed by atoms with E-state index in [9.17, 15) is 13.2 Å². The van der Waals surface area contributed by atoms with Crippen LogP contribution in [0.1, 0.15) is 25.7 Å². The number of carboxylic acids is 1. The fourth-order valence-corrected chi connectivity index (χ4v) is 3.08. The average Bonchev–Trinajstić information content (AvgIpc) is 2.35. The highest BCUT2D eigenvalue weighted by molar-refractivity contribution is 7.87. The zero-order chi connectivity index (χ0) is 13.6. The van der Waals surface area contributed by atoms with Crippen molar-refractivity contribution in [2.75, 3.05) is 19.6 Å². The number of nitrogens with zero attached hydrogens (tertiary/aromatic N) is 2. The summed E-state index contributed by atoms with van der Waals surface area (Å²) in [5, 5.41) is 17.1. The van der Waals surface area contributed by atoms with Gasteiger partial charge in [0.15, 0.2) is 0 Å². The Morgan fingerprint density at radius 3 is 2.56 bits per heavy atom. The largest absolute Gasteiger partial charge is 0.481 e. The number of unbranched alkanes of at least 4 members (excludes halogenated alkanes) is 1. The van der Waals surface area contributed by atoms with Gasteiger partial charge in [-0.1, -0.05) is 0 Å². The molecule has 0 amide bonds. The lowest BCUT2D eigenvalue weighted by Crippen LogP contribution is -2.46. The third-order valence-electron chi connectivity index (χ3n) is 2.89. The minimum Gasteiger partial charge on any atom is -0.481 e. The minimum absolute atomic E-state index is 0.227. The van der Waals surface area contributed by atoms with Crippen molar-refractivity contribution in [3.05, 3.63) is 0 Å². The molecule has 1 heterocycles. The second-order valence-electron chi connectivity index (χ2n) is 4.17. The van der Waals surface area contributed by atoms with Crippen LogP contribution >= 0.6 is 0 Å². The van der Waals surface area contributed by atoms with Gasteiger partial charge in [0.05, 0.1) is 12.0 Å². The highest BCUT2D eigenvalue weighted by atomic mass is 32.2. The molecule has 1 aliphatic rings. The molecule has 2 N–H and O–H groups in total. The Bertz CT molecular complexity index is 421. The van der Waals surface area contributed by atoms with E-state index in [0.29, 0.717) is 25.7 Å². The van der Waals surface area contributed by atoms with Crippen LogP contribution in [-0.2, 0) is 15.0 Å². The lowest BCUT2D eigenvalue weighted by Gasteiger charge is -2.29. The fraction of sp³-hybridized carbons (Fsp3) is 0.800. The summed E-state index contributed by atoms with van der Waals surface area (Å²) in [5.74, 6) is -1.32. The number of carboxylic acid groups (broad SMARTS) is 1. The summed E-state index contributed by atoms with van der Waals surface area (Å²) >= 11 is 0. The molecule has 0 aromatic rings. The van der Waals surface area contributed by atoms with Crippen molar-refractivity contribution in [1.82, 2.24) is 9.03 Å². The summed E-state index contributed by atoms with van der Waals surface area (Å²) in [6.07, 6.45) is 1.47. The lowest BCUT2D eigenvalue weighted by atomic mass is 9.99. The number of nitriles is 1. The third-order valence-corrected chi connectivity index (χ3v) is 4.51. The molecule has 8 heteroatoms. The molecule has 0 aliphatic carbocycles. The first-order valence-electron chi connectivity index (χ1n) is 5.82. The first-order chi connectivity index (χ1) is 8.47. The monoisotopic (exact) mass is 275 g/mol. The van der Waals surface area contributed by atoms with Gasteiger partial charge in [0.1, 0.15) is 0 Å². The normalized spacial score (nSPS) is 18.4. The molecule has 0 aromatic heterocycles. The van der Waals surface area contributed by atoms with Crippen LogP contribution in [0.2, 0.25) is 0 Å². The van der Waals surface area contributed by atoms with E-state index in [-0.39, 0.29) is 19.6 Å². The van der Waals surface area contributed by atoms with Crippen molar-refractivity contribution in [2.45, 2.75) is 25.7 Å². The van der Waals surface area contributed by atoms with Crippen LogP contribution in [0.4, 0.5) is 0 Å². The Morgan fingerprint density at radius 2 is 2.06 bits per heavy atom. The molecule has 1 fully saturated rings. The van der Waals surface area contributed by atoms with Crippen LogP contribution in [0.3, 0.4) is 0 Å². The summed E-state index contributed by atoms with van der Waals surface area (Å²) in [5.41, 5.74) is 0. The van der Waals surface area contributed by atoms with E-state index in [1.165, 1.54) is 4.31 Å². The first kappa shape index (κ1) is 14.9. The van der Waals surface area contributed by atoms with E-state index in [2.05, 4.69) is 4.72 Å². The molecule has 0 radical (unpaired) electrons. The van der Waals surface area contributed by atoms with E-state index in [4.69, 9.17) is 10.4 Å². The number of rotatable bonds is 6. The summed E-state index contributed by atoms with van der Waals surface area (Å²) in [6.45, 7) is 0.684. The number of nitrogens with one attached hydrogen (secondary N) is 1. The molecule has 1 rings (SSSR count). The average molecular weight is 275 g/mol. The number of hydrogen-bond donors (Lipinski definition) is 2. The van der Waals surface area contributed by atoms with Crippen molar-refractivity contribution in [1.29, 1.82) is 5.26 Å². The Balaban J connectivity index is 2.41. The molecular formula is C10H17N3O4S. The summed E-state index contributed by atoms with van der Waals surface area (Å²) in [6, 6.07) is 1.94. The van der Waals surface area contributed by atoms with Crippen molar-refractivity contribution in [3.8, 4) is 6.07 Å². The van der Waals surface area contributed by atoms with Gasteiger partial charge in [-0.3, -0.25) is 4.79 Å². The molecule has 0 spiro atoms. The quantitative estimate of drug-likeness (QED) is 0.659. The third kappa shape index (κ3) is 4.25. The van der Waals surface area contributed by atoms with Gasteiger partial charge in [0.25, 0.3) is 10.2 Å². The maximum absolute atomic E-state index is 11.8. The number of hydrogen-bond acceptors (Lipinski definition) is 4. The van der Waals surface area contributed by atoms with E-state index in [1.54, 1.807) is 0 Å². The van der Waals surface area contributed by atoms with Gasteiger partial charge >= 0.3 is 5.97 Å². The van der Waals surface area contributed by atoms with Gasteiger partial charge in [-0.25, -0.2) is 4.72 Å². The van der Waals surface area contributed by atoms with Crippen molar-refractivity contribution in [2.24, 2.45) is 5.92 Å². The molecule has 0 saturated carbocycles. The topological polar surface area (TPSA) is 111 Å². The van der Waals surface area contributed by atoms with Crippen molar-refractivity contribution >= 4 is 16.2 Å². The van der Waals surface area contributed by atoms with Crippen molar-refractivity contribution < 1.29 is 18.3 Å². The molecule has 102 valence electrons. The second kappa shape index (κ2) is 6.68. The van der Waals surface area contributed by atoms with E-state index >= 15 is 0 Å². The van der Waals surface area contributed by atoms with Crippen LogP contribution < -0.4 is 4.72 Å². The standard InChI is InChI=1S/C10H17N3O4S/c11-5-1-2-6-12-18(16,17)13-7-3-9(4-8-13)10(14)15/h9,12H,1-4,6-8H2,(H,14,15). The van der Waals surface area contributed by atoms with Crippen LogP contribution in [0.25, 0.3) is 0 Å². The molecule has 1 saturated heterocycles. The summed E-state index contributed by atoms with van der Waals surface area (Å²) < 4.78 is 27.3. The predicted molar refractivity (Wildman–Crippen MR) is 63.7 cm³/mol. The maximum atomic E-state index is 11.8. The van der Waals surface area contributed by atoms with Crippen molar-refractivity contribution in [3.63, 3.8) is 0 Å². The van der Waals surface area contributed by atoms with Gasteiger partial charge in [-0.2, -0.15) is 18.0 Å². The van der Waals surface area contributed by atoms with Gasteiger partial charge in [0.2, 0.25) is 0 Å². The van der Waals surface area contributed by atoms with Crippen LogP contribution in [0.5, 0.6) is 0 Å². The van der Waals surface area contributed by atoms with Gasteiger partial charge < -0.3 is 5.11 Å². The van der Waals surface area contributed by atoms with E-state index in [0.717, 1.165) is 0 Å². The molecule has 18 heavy (non-hydrogen) atoms. The Hall–Kier alpha value is -1.17. The number of aliphatic carboxylic acids is 1. The maximum Gasteiger partial charge on any atom is 0.306 e. The van der Waals surface area contributed by atoms with E-state index < -0.39 is 22.1 Å². The van der Waals surface area contributed by atoms with E-state index in [1.807, 2.05) is 6.07 Å². The fourth-order valence-electron chi connectivity index (χ4n) is 1.80. The highest BCUT2D eigenvalue weighted by Crippen LogP contribution is 2.18.